The van der Waals surface area contributed by atoms with Gasteiger partial charge in [-0.15, -0.1) is 0 Å². The molecule has 0 amide bonds. The maximum absolute atomic E-state index is 11.7. The predicted octanol–water partition coefficient (Wildman–Crippen LogP) is 2.61. The van der Waals surface area contributed by atoms with Crippen molar-refractivity contribution in [3.8, 4) is 22.6 Å². The zero-order valence-corrected chi connectivity index (χ0v) is 11.7. The van der Waals surface area contributed by atoms with Gasteiger partial charge in [-0.25, -0.2) is 4.98 Å². The maximum atomic E-state index is 11.7. The van der Waals surface area contributed by atoms with E-state index in [0.29, 0.717) is 22.4 Å². The van der Waals surface area contributed by atoms with Crippen molar-refractivity contribution in [1.29, 1.82) is 0 Å². The molecule has 5 nitrogen and oxygen atoms in total. The van der Waals surface area contributed by atoms with Crippen LogP contribution in [0, 0.1) is 0 Å². The average Bonchev–Trinajstić information content (AvgIpc) is 2.54. The summed E-state index contributed by atoms with van der Waals surface area (Å²) in [6, 6.07) is 11.2. The Labute approximate surface area is 121 Å². The average molecular weight is 282 g/mol. The van der Waals surface area contributed by atoms with E-state index in [9.17, 15) is 4.79 Å². The van der Waals surface area contributed by atoms with E-state index in [1.807, 2.05) is 30.3 Å². The second kappa shape index (κ2) is 5.28. The molecular weight excluding hydrogens is 268 g/mol. The van der Waals surface area contributed by atoms with Gasteiger partial charge in [0.15, 0.2) is 11.5 Å². The maximum Gasteiger partial charge on any atom is 0.258 e. The van der Waals surface area contributed by atoms with E-state index in [0.717, 1.165) is 11.1 Å². The molecular formula is C16H14N2O3. The van der Waals surface area contributed by atoms with E-state index >= 15 is 0 Å². The number of hydrogen-bond acceptors (Lipinski definition) is 4. The first-order valence-corrected chi connectivity index (χ1v) is 6.43. The summed E-state index contributed by atoms with van der Waals surface area (Å²) < 4.78 is 10.5. The third-order valence-corrected chi connectivity index (χ3v) is 3.36. The summed E-state index contributed by atoms with van der Waals surface area (Å²) in [4.78, 5) is 18.4. The molecule has 0 fully saturated rings. The molecule has 5 heteroatoms. The minimum Gasteiger partial charge on any atom is -0.493 e. The summed E-state index contributed by atoms with van der Waals surface area (Å²) in [5, 5.41) is 0.571. The number of hydrogen-bond donors (Lipinski definition) is 1. The number of methoxy groups -OCH3 is 2. The molecule has 106 valence electrons. The highest BCUT2D eigenvalue weighted by atomic mass is 16.5. The molecule has 3 rings (SSSR count). The van der Waals surface area contributed by atoms with Crippen molar-refractivity contribution in [3.63, 3.8) is 0 Å². The molecule has 1 aromatic heterocycles. The summed E-state index contributed by atoms with van der Waals surface area (Å²) in [5.41, 5.74) is 2.45. The quantitative estimate of drug-likeness (QED) is 0.802. The fourth-order valence-electron chi connectivity index (χ4n) is 2.26. The summed E-state index contributed by atoms with van der Waals surface area (Å²) in [5.74, 6) is 1.34. The van der Waals surface area contributed by atoms with Crippen molar-refractivity contribution in [2.45, 2.75) is 0 Å². The zero-order valence-electron chi connectivity index (χ0n) is 11.7. The van der Waals surface area contributed by atoms with E-state index in [4.69, 9.17) is 9.47 Å². The summed E-state index contributed by atoms with van der Waals surface area (Å²) in [6.45, 7) is 0. The number of nitrogens with zero attached hydrogens (tertiary/aromatic N) is 1. The topological polar surface area (TPSA) is 64.2 Å². The van der Waals surface area contributed by atoms with Gasteiger partial charge < -0.3 is 14.5 Å². The van der Waals surface area contributed by atoms with E-state index in [2.05, 4.69) is 9.97 Å². The molecule has 0 radical (unpaired) electrons. The lowest BCUT2D eigenvalue weighted by molar-refractivity contribution is 0.355. The second-order valence-electron chi connectivity index (χ2n) is 4.53. The van der Waals surface area contributed by atoms with Gasteiger partial charge in [-0.3, -0.25) is 4.79 Å². The predicted molar refractivity (Wildman–Crippen MR) is 80.9 cm³/mol. The molecule has 1 N–H and O–H groups in total. The van der Waals surface area contributed by atoms with Gasteiger partial charge >= 0.3 is 0 Å². The van der Waals surface area contributed by atoms with Crippen molar-refractivity contribution in [2.24, 2.45) is 0 Å². The van der Waals surface area contributed by atoms with E-state index in [1.165, 1.54) is 6.33 Å². The van der Waals surface area contributed by atoms with Gasteiger partial charge in [0.25, 0.3) is 5.56 Å². The molecule has 21 heavy (non-hydrogen) atoms. The zero-order chi connectivity index (χ0) is 14.8. The smallest absolute Gasteiger partial charge is 0.258 e. The fourth-order valence-corrected chi connectivity index (χ4v) is 2.26. The molecule has 0 aliphatic carbocycles. The molecule has 3 aromatic rings. The molecule has 0 unspecified atom stereocenters. The van der Waals surface area contributed by atoms with Crippen LogP contribution in [-0.4, -0.2) is 24.2 Å². The lowest BCUT2D eigenvalue weighted by Gasteiger charge is -2.10. The van der Waals surface area contributed by atoms with Crippen LogP contribution in [0.25, 0.3) is 22.0 Å². The molecule has 0 saturated heterocycles. The van der Waals surface area contributed by atoms with Crippen LogP contribution < -0.4 is 15.0 Å². The highest BCUT2D eigenvalue weighted by molar-refractivity contribution is 5.83. The largest absolute Gasteiger partial charge is 0.493 e. The normalized spacial score (nSPS) is 10.6. The number of rotatable bonds is 3. The van der Waals surface area contributed by atoms with Gasteiger partial charge in [0.2, 0.25) is 0 Å². The molecule has 0 bridgehead atoms. The minimum atomic E-state index is -0.140. The number of nitrogens with one attached hydrogen (secondary N) is 1. The Kier molecular flexibility index (Phi) is 3.31. The van der Waals surface area contributed by atoms with Crippen LogP contribution in [0.3, 0.4) is 0 Å². The van der Waals surface area contributed by atoms with Crippen LogP contribution in [0.1, 0.15) is 0 Å². The number of benzene rings is 2. The lowest BCUT2D eigenvalue weighted by Crippen LogP contribution is -2.05. The highest BCUT2D eigenvalue weighted by Gasteiger charge is 2.07. The number of H-pyrrole nitrogens is 1. The summed E-state index contributed by atoms with van der Waals surface area (Å²) in [7, 11) is 3.20. The Morgan fingerprint density at radius 2 is 1.67 bits per heavy atom. The van der Waals surface area contributed by atoms with Crippen molar-refractivity contribution in [3.05, 3.63) is 53.1 Å². The minimum absolute atomic E-state index is 0.140. The first-order chi connectivity index (χ1) is 10.2. The van der Waals surface area contributed by atoms with E-state index < -0.39 is 0 Å². The van der Waals surface area contributed by atoms with Crippen LogP contribution in [0.15, 0.2) is 47.5 Å². The Hall–Kier alpha value is -2.82. The first kappa shape index (κ1) is 13.2. The summed E-state index contributed by atoms with van der Waals surface area (Å²) in [6.07, 6.45) is 1.41. The van der Waals surface area contributed by atoms with E-state index in [-0.39, 0.29) is 5.56 Å². The van der Waals surface area contributed by atoms with Gasteiger partial charge in [0.1, 0.15) is 0 Å². The van der Waals surface area contributed by atoms with Crippen LogP contribution >= 0.6 is 0 Å². The molecule has 0 atom stereocenters. The molecule has 2 aromatic carbocycles. The van der Waals surface area contributed by atoms with E-state index in [1.54, 1.807) is 20.3 Å². The van der Waals surface area contributed by atoms with Gasteiger partial charge in [-0.1, -0.05) is 12.1 Å². The number of aromatic amines is 1. The Bertz CT molecular complexity index is 856. The Morgan fingerprint density at radius 1 is 0.952 bits per heavy atom. The molecule has 0 aliphatic rings. The van der Waals surface area contributed by atoms with Crippen molar-refractivity contribution in [2.75, 3.05) is 14.2 Å². The van der Waals surface area contributed by atoms with Crippen molar-refractivity contribution < 1.29 is 9.47 Å². The van der Waals surface area contributed by atoms with Crippen LogP contribution in [-0.2, 0) is 0 Å². The number of aromatic nitrogens is 2. The fraction of sp³-hybridized carbons (Fsp3) is 0.125. The SMILES string of the molecule is COc1ccc(-c2ccc3c(=O)[nH]cnc3c2)cc1OC. The third-order valence-electron chi connectivity index (χ3n) is 3.36. The molecule has 1 heterocycles. The van der Waals surface area contributed by atoms with Crippen LogP contribution in [0.5, 0.6) is 11.5 Å². The van der Waals surface area contributed by atoms with Crippen LogP contribution in [0.4, 0.5) is 0 Å². The first-order valence-electron chi connectivity index (χ1n) is 6.43. The number of fused-ring (bicyclic) bond motifs is 1. The van der Waals surface area contributed by atoms with Crippen molar-refractivity contribution >= 4 is 10.9 Å². The molecule has 0 aliphatic heterocycles. The van der Waals surface area contributed by atoms with Gasteiger partial charge in [-0.2, -0.15) is 0 Å². The van der Waals surface area contributed by atoms with Crippen LogP contribution in [0.2, 0.25) is 0 Å². The van der Waals surface area contributed by atoms with Crippen molar-refractivity contribution in [1.82, 2.24) is 9.97 Å². The highest BCUT2D eigenvalue weighted by Crippen LogP contribution is 2.32. The Balaban J connectivity index is 2.14. The van der Waals surface area contributed by atoms with Gasteiger partial charge in [0, 0.05) is 0 Å². The Morgan fingerprint density at radius 3 is 2.43 bits per heavy atom. The monoisotopic (exact) mass is 282 g/mol. The third kappa shape index (κ3) is 2.33. The molecule has 0 spiro atoms. The van der Waals surface area contributed by atoms with Gasteiger partial charge in [0.05, 0.1) is 31.4 Å². The summed E-state index contributed by atoms with van der Waals surface area (Å²) >= 11 is 0. The van der Waals surface area contributed by atoms with Gasteiger partial charge in [-0.05, 0) is 35.4 Å². The standard InChI is InChI=1S/C16H14N2O3/c1-20-14-6-4-11(8-15(14)21-2)10-3-5-12-13(7-10)17-9-18-16(12)19/h3-9H,1-2H3,(H,17,18,19). The lowest BCUT2D eigenvalue weighted by atomic mass is 10.0. The molecule has 0 saturated carbocycles. The number of ether oxygens (including phenoxy) is 2. The second-order valence-corrected chi connectivity index (χ2v) is 4.53.